The Morgan fingerprint density at radius 1 is 0.971 bits per heavy atom. The molecule has 178 valence electrons. The van der Waals surface area contributed by atoms with Crippen LogP contribution in [-0.4, -0.2) is 43.6 Å². The molecular weight excluding hydrogens is 449 g/mol. The third-order valence-corrected chi connectivity index (χ3v) is 6.11. The number of hydrogen-bond donors (Lipinski definition) is 1. The molecule has 4 heterocycles. The lowest BCUT2D eigenvalue weighted by atomic mass is 10.1. The Bertz CT molecular complexity index is 1390. The third kappa shape index (κ3) is 4.07. The van der Waals surface area contributed by atoms with Crippen molar-refractivity contribution in [2.24, 2.45) is 0 Å². The van der Waals surface area contributed by atoms with Crippen LogP contribution in [0.3, 0.4) is 0 Å². The highest BCUT2D eigenvalue weighted by molar-refractivity contribution is 5.85. The van der Waals surface area contributed by atoms with Crippen LogP contribution in [0.2, 0.25) is 0 Å². The fourth-order valence-electron chi connectivity index (χ4n) is 4.58. The SMILES string of the molecule is CC1(C)OC2C(C=Cc3ccccc3F)OC(n3cnc4c(Nc5ccccc5)ncnc43)C2O1. The van der Waals surface area contributed by atoms with Gasteiger partial charge < -0.3 is 19.5 Å². The smallest absolute Gasteiger partial charge is 0.167 e. The third-order valence-electron chi connectivity index (χ3n) is 6.11. The molecule has 0 saturated carbocycles. The molecule has 4 unspecified atom stereocenters. The fourth-order valence-corrected chi connectivity index (χ4v) is 4.58. The molecule has 1 N–H and O–H groups in total. The van der Waals surface area contributed by atoms with E-state index in [1.807, 2.05) is 54.8 Å². The summed E-state index contributed by atoms with van der Waals surface area (Å²) in [5.41, 5.74) is 2.59. The van der Waals surface area contributed by atoms with Crippen LogP contribution in [-0.2, 0) is 14.2 Å². The molecule has 2 aromatic carbocycles. The predicted molar refractivity (Wildman–Crippen MR) is 128 cm³/mol. The number of rotatable bonds is 5. The second-order valence-corrected chi connectivity index (χ2v) is 8.97. The van der Waals surface area contributed by atoms with Gasteiger partial charge in [0, 0.05) is 11.3 Å². The van der Waals surface area contributed by atoms with Gasteiger partial charge in [-0.25, -0.2) is 19.3 Å². The predicted octanol–water partition coefficient (Wildman–Crippen LogP) is 4.84. The lowest BCUT2D eigenvalue weighted by Crippen LogP contribution is -2.28. The Morgan fingerprint density at radius 3 is 2.57 bits per heavy atom. The van der Waals surface area contributed by atoms with Crippen molar-refractivity contribution in [1.82, 2.24) is 19.5 Å². The van der Waals surface area contributed by atoms with E-state index < -0.39 is 24.2 Å². The van der Waals surface area contributed by atoms with Crippen LogP contribution < -0.4 is 5.32 Å². The number of nitrogens with one attached hydrogen (secondary N) is 1. The molecule has 2 fully saturated rings. The number of nitrogens with zero attached hydrogens (tertiary/aromatic N) is 4. The van der Waals surface area contributed by atoms with Gasteiger partial charge in [-0.1, -0.05) is 48.6 Å². The zero-order chi connectivity index (χ0) is 24.0. The van der Waals surface area contributed by atoms with Gasteiger partial charge in [0.05, 0.1) is 6.33 Å². The molecule has 0 radical (unpaired) electrons. The van der Waals surface area contributed by atoms with Crippen LogP contribution in [0.25, 0.3) is 17.2 Å². The molecule has 2 aliphatic heterocycles. The molecular formula is C26H24FN5O3. The molecule has 2 aliphatic rings. The molecule has 0 spiro atoms. The van der Waals surface area contributed by atoms with Gasteiger partial charge in [-0.3, -0.25) is 4.57 Å². The van der Waals surface area contributed by atoms with Gasteiger partial charge in [0.2, 0.25) is 0 Å². The second-order valence-electron chi connectivity index (χ2n) is 8.97. The lowest BCUT2D eigenvalue weighted by molar-refractivity contribution is -0.191. The topological polar surface area (TPSA) is 83.3 Å². The summed E-state index contributed by atoms with van der Waals surface area (Å²) in [5, 5.41) is 3.29. The van der Waals surface area contributed by atoms with E-state index in [0.29, 0.717) is 22.5 Å². The van der Waals surface area contributed by atoms with E-state index in [4.69, 9.17) is 14.2 Å². The summed E-state index contributed by atoms with van der Waals surface area (Å²) in [7, 11) is 0. The molecule has 9 heteroatoms. The number of anilines is 2. The van der Waals surface area contributed by atoms with Crippen LogP contribution in [0, 0.1) is 5.82 Å². The molecule has 4 aromatic rings. The number of para-hydroxylation sites is 1. The maximum atomic E-state index is 14.1. The van der Waals surface area contributed by atoms with Crippen molar-refractivity contribution in [2.75, 3.05) is 5.32 Å². The number of benzene rings is 2. The fraction of sp³-hybridized carbons (Fsp3) is 0.269. The van der Waals surface area contributed by atoms with Gasteiger partial charge in [-0.05, 0) is 32.0 Å². The normalized spacial score (nSPS) is 25.3. The molecule has 2 aromatic heterocycles. The van der Waals surface area contributed by atoms with Crippen LogP contribution in [0.1, 0.15) is 25.6 Å². The number of fused-ring (bicyclic) bond motifs is 2. The molecule has 0 aliphatic carbocycles. The van der Waals surface area contributed by atoms with E-state index in [2.05, 4.69) is 20.3 Å². The van der Waals surface area contributed by atoms with Gasteiger partial charge in [0.15, 0.2) is 29.0 Å². The zero-order valence-electron chi connectivity index (χ0n) is 19.2. The average molecular weight is 474 g/mol. The molecule has 6 rings (SSSR count). The van der Waals surface area contributed by atoms with E-state index in [1.54, 1.807) is 30.6 Å². The van der Waals surface area contributed by atoms with Crippen molar-refractivity contribution in [3.63, 3.8) is 0 Å². The summed E-state index contributed by atoms with van der Waals surface area (Å²) < 4.78 is 34.8. The van der Waals surface area contributed by atoms with Crippen LogP contribution in [0.4, 0.5) is 15.9 Å². The van der Waals surface area contributed by atoms with E-state index in [0.717, 1.165) is 5.69 Å². The van der Waals surface area contributed by atoms with Crippen molar-refractivity contribution in [2.45, 2.75) is 44.2 Å². The average Bonchev–Trinajstić information content (AvgIpc) is 3.51. The number of halogens is 1. The van der Waals surface area contributed by atoms with Gasteiger partial charge in [-0.15, -0.1) is 0 Å². The van der Waals surface area contributed by atoms with Gasteiger partial charge in [-0.2, -0.15) is 0 Å². The van der Waals surface area contributed by atoms with E-state index in [9.17, 15) is 4.39 Å². The minimum atomic E-state index is -0.785. The first kappa shape index (κ1) is 21.8. The van der Waals surface area contributed by atoms with Crippen LogP contribution >= 0.6 is 0 Å². The van der Waals surface area contributed by atoms with Gasteiger partial charge in [0.1, 0.15) is 30.5 Å². The molecule has 8 nitrogen and oxygen atoms in total. The maximum Gasteiger partial charge on any atom is 0.167 e. The highest BCUT2D eigenvalue weighted by Gasteiger charge is 2.55. The van der Waals surface area contributed by atoms with Crippen molar-refractivity contribution in [3.05, 3.63) is 84.7 Å². The Morgan fingerprint density at radius 2 is 1.74 bits per heavy atom. The summed E-state index contributed by atoms with van der Waals surface area (Å²) in [6, 6.07) is 16.3. The number of ether oxygens (including phenoxy) is 3. The number of hydrogen-bond acceptors (Lipinski definition) is 7. The highest BCUT2D eigenvalue weighted by Crippen LogP contribution is 2.44. The number of aromatic nitrogens is 4. The van der Waals surface area contributed by atoms with Crippen molar-refractivity contribution in [1.29, 1.82) is 0 Å². The zero-order valence-corrected chi connectivity index (χ0v) is 19.2. The molecule has 35 heavy (non-hydrogen) atoms. The standard InChI is InChI=1S/C26H24FN5O3/c1-26(2)34-21-19(13-12-16-8-6-7-11-18(16)27)33-25(22(21)35-26)32-15-30-20-23(28-14-29-24(20)32)31-17-9-4-3-5-10-17/h3-15,19,21-22,25H,1-2H3,(H,28,29,31). The molecule has 0 bridgehead atoms. The summed E-state index contributed by atoms with van der Waals surface area (Å²) in [4.78, 5) is 13.4. The molecule has 0 amide bonds. The van der Waals surface area contributed by atoms with Crippen molar-refractivity contribution >= 4 is 28.7 Å². The van der Waals surface area contributed by atoms with Crippen LogP contribution in [0.15, 0.2) is 73.3 Å². The van der Waals surface area contributed by atoms with Crippen LogP contribution in [0.5, 0.6) is 0 Å². The molecule has 4 atom stereocenters. The lowest BCUT2D eigenvalue weighted by Gasteiger charge is -2.24. The Balaban J connectivity index is 1.33. The van der Waals surface area contributed by atoms with E-state index >= 15 is 0 Å². The first-order valence-corrected chi connectivity index (χ1v) is 11.4. The van der Waals surface area contributed by atoms with Gasteiger partial charge >= 0.3 is 0 Å². The van der Waals surface area contributed by atoms with Crippen molar-refractivity contribution < 1.29 is 18.6 Å². The molecule has 2 saturated heterocycles. The summed E-state index contributed by atoms with van der Waals surface area (Å²) in [6.07, 6.45) is 4.92. The number of imidazole rings is 1. The minimum absolute atomic E-state index is 0.297. The quantitative estimate of drug-likeness (QED) is 0.444. The Hall–Kier alpha value is -3.66. The second kappa shape index (κ2) is 8.53. The first-order chi connectivity index (χ1) is 17.0. The first-order valence-electron chi connectivity index (χ1n) is 11.4. The van der Waals surface area contributed by atoms with Gasteiger partial charge in [0.25, 0.3) is 0 Å². The van der Waals surface area contributed by atoms with E-state index in [-0.39, 0.29) is 11.9 Å². The maximum absolute atomic E-state index is 14.1. The monoisotopic (exact) mass is 473 g/mol. The highest BCUT2D eigenvalue weighted by atomic mass is 19.1. The van der Waals surface area contributed by atoms with E-state index in [1.165, 1.54) is 12.4 Å². The summed E-state index contributed by atoms with van der Waals surface area (Å²) >= 11 is 0. The summed E-state index contributed by atoms with van der Waals surface area (Å²) in [6.45, 7) is 3.74. The minimum Gasteiger partial charge on any atom is -0.345 e. The van der Waals surface area contributed by atoms with Crippen molar-refractivity contribution in [3.8, 4) is 0 Å². The Kier molecular flexibility index (Phi) is 5.32. The Labute approximate surface area is 201 Å². The summed E-state index contributed by atoms with van der Waals surface area (Å²) in [5.74, 6) is -0.490. The largest absolute Gasteiger partial charge is 0.345 e.